The molecule has 178 valence electrons. The molecule has 0 aromatic heterocycles. The van der Waals surface area contributed by atoms with E-state index in [2.05, 4.69) is 20.7 Å². The van der Waals surface area contributed by atoms with Gasteiger partial charge in [0.25, 0.3) is 11.8 Å². The zero-order chi connectivity index (χ0) is 25.2. The highest BCUT2D eigenvalue weighted by molar-refractivity contribution is 9.10. The summed E-state index contributed by atoms with van der Waals surface area (Å²) in [7, 11) is 0.906. The maximum Gasteiger partial charge on any atom is 0.429 e. The summed E-state index contributed by atoms with van der Waals surface area (Å²) in [6, 6.07) is 6.54. The lowest BCUT2D eigenvalue weighted by Crippen LogP contribution is -2.59. The Bertz CT molecular complexity index is 1220. The van der Waals surface area contributed by atoms with Crippen LogP contribution in [0.1, 0.15) is 27.9 Å². The van der Waals surface area contributed by atoms with E-state index in [-0.39, 0.29) is 11.1 Å². The predicted molar refractivity (Wildman–Crippen MR) is 113 cm³/mol. The first-order chi connectivity index (χ1) is 16.0. The van der Waals surface area contributed by atoms with Crippen molar-refractivity contribution in [2.45, 2.75) is 18.4 Å². The van der Waals surface area contributed by atoms with Gasteiger partial charge in [0, 0.05) is 15.6 Å². The van der Waals surface area contributed by atoms with Crippen molar-refractivity contribution in [1.29, 1.82) is 0 Å². The minimum Gasteiger partial charge on any atom is -0.468 e. The number of halogens is 3. The van der Waals surface area contributed by atoms with Crippen LogP contribution in [0.3, 0.4) is 0 Å². The molecule has 1 aliphatic heterocycles. The quantitative estimate of drug-likeness (QED) is 0.146. The number of ether oxygens (including phenoxy) is 2. The van der Waals surface area contributed by atoms with E-state index < -0.39 is 65.4 Å². The van der Waals surface area contributed by atoms with E-state index in [1.54, 1.807) is 0 Å². The molecule has 10 nitrogen and oxygen atoms in total. The lowest BCUT2D eigenvalue weighted by molar-refractivity contribution is -0.161. The first kappa shape index (κ1) is 24.9. The fourth-order valence-corrected chi connectivity index (χ4v) is 3.94. The number of carbonyl (C=O) groups excluding carboxylic acids is 5. The van der Waals surface area contributed by atoms with Gasteiger partial charge in [0.15, 0.2) is 5.41 Å². The number of hydrogen-bond acceptors (Lipinski definition) is 8. The molecule has 3 rings (SSSR count). The van der Waals surface area contributed by atoms with Gasteiger partial charge in [-0.15, -0.1) is 0 Å². The average molecular weight is 540 g/mol. The topological polar surface area (TPSA) is 145 Å². The molecule has 34 heavy (non-hydrogen) atoms. The van der Waals surface area contributed by atoms with Crippen LogP contribution in [0.4, 0.5) is 13.6 Å². The molecule has 1 aliphatic rings. The Balaban J connectivity index is 2.19. The normalized spacial score (nSPS) is 17.1. The molecular formula is C21H16BrF2N3O7. The number of rotatable bonds is 5. The Kier molecular flexibility index (Phi) is 7.07. The SMILES string of the molecule is COC(=O)C1(CC(=O)OC(=O)NN)C(=O)N(Cc2ccc(Br)cc2F)C(=O)c2ccc(F)cc21. The Labute approximate surface area is 199 Å². The number of hydrogen-bond donors (Lipinski definition) is 2. The molecule has 3 N–H and O–H groups in total. The van der Waals surface area contributed by atoms with Gasteiger partial charge in [-0.05, 0) is 35.9 Å². The first-order valence-corrected chi connectivity index (χ1v) is 10.2. The van der Waals surface area contributed by atoms with Gasteiger partial charge in [-0.25, -0.2) is 19.4 Å². The van der Waals surface area contributed by atoms with Crippen LogP contribution in [0.2, 0.25) is 0 Å². The summed E-state index contributed by atoms with van der Waals surface area (Å²) in [6.45, 7) is -0.620. The van der Waals surface area contributed by atoms with E-state index in [1.165, 1.54) is 17.6 Å². The van der Waals surface area contributed by atoms with Gasteiger partial charge in [0.05, 0.1) is 20.1 Å². The van der Waals surface area contributed by atoms with Crippen LogP contribution in [0.15, 0.2) is 40.9 Å². The van der Waals surface area contributed by atoms with Gasteiger partial charge in [0.2, 0.25) is 0 Å². The molecule has 0 bridgehead atoms. The lowest BCUT2D eigenvalue weighted by Gasteiger charge is -2.39. The molecule has 0 saturated carbocycles. The number of amides is 3. The van der Waals surface area contributed by atoms with Crippen LogP contribution in [-0.4, -0.2) is 41.9 Å². The van der Waals surface area contributed by atoms with Gasteiger partial charge < -0.3 is 9.47 Å². The second kappa shape index (κ2) is 9.65. The largest absolute Gasteiger partial charge is 0.468 e. The van der Waals surface area contributed by atoms with Gasteiger partial charge in [-0.1, -0.05) is 22.0 Å². The second-order valence-corrected chi connectivity index (χ2v) is 8.02. The monoisotopic (exact) mass is 539 g/mol. The number of carbonyl (C=O) groups is 5. The first-order valence-electron chi connectivity index (χ1n) is 9.45. The molecule has 3 amide bonds. The van der Waals surface area contributed by atoms with Gasteiger partial charge in [0.1, 0.15) is 11.6 Å². The number of imide groups is 1. The smallest absolute Gasteiger partial charge is 0.429 e. The Hall–Kier alpha value is -3.71. The van der Waals surface area contributed by atoms with Gasteiger partial charge in [-0.3, -0.25) is 29.5 Å². The van der Waals surface area contributed by atoms with Crippen molar-refractivity contribution in [3.05, 3.63) is 69.2 Å². The van der Waals surface area contributed by atoms with Crippen molar-refractivity contribution in [3.8, 4) is 0 Å². The van der Waals surface area contributed by atoms with E-state index in [9.17, 15) is 32.8 Å². The zero-order valence-electron chi connectivity index (χ0n) is 17.4. The van der Waals surface area contributed by atoms with E-state index in [0.717, 1.165) is 31.4 Å². The maximum absolute atomic E-state index is 14.5. The van der Waals surface area contributed by atoms with E-state index in [4.69, 9.17) is 10.6 Å². The molecule has 2 aromatic rings. The maximum atomic E-state index is 14.5. The van der Waals surface area contributed by atoms with Crippen molar-refractivity contribution < 1.29 is 42.2 Å². The molecule has 0 aliphatic carbocycles. The van der Waals surface area contributed by atoms with E-state index >= 15 is 0 Å². The molecule has 0 spiro atoms. The molecular weight excluding hydrogens is 524 g/mol. The Morgan fingerprint density at radius 2 is 1.85 bits per heavy atom. The standard InChI is InChI=1S/C21H16BrF2N3O7/c1-33-19(31)21(8-16(28)34-20(32)26-25)14-7-12(23)4-5-13(14)17(29)27(18(21)30)9-10-2-3-11(22)6-15(10)24/h2-7H,8-9,25H2,1H3,(H,26,32). The predicted octanol–water partition coefficient (Wildman–Crippen LogP) is 1.84. The van der Waals surface area contributed by atoms with Crippen molar-refractivity contribution in [1.82, 2.24) is 10.3 Å². The minimum atomic E-state index is -2.61. The van der Waals surface area contributed by atoms with Crippen LogP contribution in [0.5, 0.6) is 0 Å². The highest BCUT2D eigenvalue weighted by atomic mass is 79.9. The molecule has 1 unspecified atom stereocenters. The Morgan fingerprint density at radius 1 is 1.15 bits per heavy atom. The number of methoxy groups -OCH3 is 1. The molecule has 1 atom stereocenters. The minimum absolute atomic E-state index is 0.0840. The summed E-state index contributed by atoms with van der Waals surface area (Å²) in [6.07, 6.45) is -2.53. The van der Waals surface area contributed by atoms with Crippen molar-refractivity contribution in [3.63, 3.8) is 0 Å². The fourth-order valence-electron chi connectivity index (χ4n) is 3.60. The number of benzene rings is 2. The van der Waals surface area contributed by atoms with E-state index in [0.29, 0.717) is 9.37 Å². The summed E-state index contributed by atoms with van der Waals surface area (Å²) in [5.41, 5.74) is -1.93. The summed E-state index contributed by atoms with van der Waals surface area (Å²) in [5.74, 6) is -1.81. The third kappa shape index (κ3) is 4.39. The summed E-state index contributed by atoms with van der Waals surface area (Å²) < 4.78 is 38.1. The number of nitrogens with one attached hydrogen (secondary N) is 1. The molecule has 0 fully saturated rings. The van der Waals surface area contributed by atoms with Crippen LogP contribution < -0.4 is 11.3 Å². The number of hydrazine groups is 1. The van der Waals surface area contributed by atoms with Crippen LogP contribution in [0.25, 0.3) is 0 Å². The van der Waals surface area contributed by atoms with Crippen LogP contribution in [-0.2, 0) is 35.8 Å². The fraction of sp³-hybridized carbons (Fsp3) is 0.190. The third-order valence-corrected chi connectivity index (χ3v) is 5.63. The Morgan fingerprint density at radius 3 is 2.47 bits per heavy atom. The van der Waals surface area contributed by atoms with E-state index in [1.807, 2.05) is 0 Å². The van der Waals surface area contributed by atoms with Gasteiger partial charge in [-0.2, -0.15) is 0 Å². The number of nitrogens with zero attached hydrogens (tertiary/aromatic N) is 1. The third-order valence-electron chi connectivity index (χ3n) is 5.14. The van der Waals surface area contributed by atoms with Crippen molar-refractivity contribution in [2.75, 3.05) is 7.11 Å². The summed E-state index contributed by atoms with van der Waals surface area (Å²) >= 11 is 3.10. The number of fused-ring (bicyclic) bond motifs is 1. The van der Waals surface area contributed by atoms with Gasteiger partial charge >= 0.3 is 18.0 Å². The zero-order valence-corrected chi connectivity index (χ0v) is 19.0. The number of nitrogens with two attached hydrogens (primary N) is 1. The second-order valence-electron chi connectivity index (χ2n) is 7.10. The summed E-state index contributed by atoms with van der Waals surface area (Å²) in [5, 5.41) is 0. The molecule has 1 heterocycles. The average Bonchev–Trinajstić information content (AvgIpc) is 2.79. The highest BCUT2D eigenvalue weighted by Crippen LogP contribution is 2.40. The van der Waals surface area contributed by atoms with Crippen LogP contribution in [0, 0.1) is 11.6 Å². The molecule has 2 aromatic carbocycles. The summed E-state index contributed by atoms with van der Waals surface area (Å²) in [4.78, 5) is 64.0. The molecule has 0 saturated heterocycles. The van der Waals surface area contributed by atoms with Crippen molar-refractivity contribution in [2.24, 2.45) is 5.84 Å². The molecule has 13 heteroatoms. The highest BCUT2D eigenvalue weighted by Gasteiger charge is 2.58. The van der Waals surface area contributed by atoms with Crippen molar-refractivity contribution >= 4 is 45.8 Å². The number of esters is 2. The molecule has 0 radical (unpaired) electrons. The lowest BCUT2D eigenvalue weighted by atomic mass is 9.71. The van der Waals surface area contributed by atoms with Crippen LogP contribution >= 0.6 is 15.9 Å².